The summed E-state index contributed by atoms with van der Waals surface area (Å²) in [6, 6.07) is 11.2. The van der Waals surface area contributed by atoms with E-state index in [-0.39, 0.29) is 12.2 Å². The van der Waals surface area contributed by atoms with Gasteiger partial charge in [0, 0.05) is 29.2 Å². The second-order valence-corrected chi connectivity index (χ2v) is 5.12. The van der Waals surface area contributed by atoms with Crippen LogP contribution in [0.2, 0.25) is 5.02 Å². The minimum atomic E-state index is -4.34. The number of ketones is 1. The number of rotatable bonds is 5. The fourth-order valence-electron chi connectivity index (χ4n) is 1.88. The van der Waals surface area contributed by atoms with Crippen LogP contribution in [-0.2, 0) is 6.18 Å². The summed E-state index contributed by atoms with van der Waals surface area (Å²) in [6.45, 7) is 0.340. The summed E-state index contributed by atoms with van der Waals surface area (Å²) in [6.07, 6.45) is -4.11. The van der Waals surface area contributed by atoms with Crippen LogP contribution in [0, 0.1) is 0 Å². The summed E-state index contributed by atoms with van der Waals surface area (Å²) < 4.78 is 37.3. The van der Waals surface area contributed by atoms with E-state index < -0.39 is 11.7 Å². The molecule has 0 aliphatic heterocycles. The van der Waals surface area contributed by atoms with Gasteiger partial charge >= 0.3 is 6.18 Å². The van der Waals surface area contributed by atoms with Crippen molar-refractivity contribution in [3.8, 4) is 0 Å². The predicted molar refractivity (Wildman–Crippen MR) is 80.3 cm³/mol. The number of anilines is 1. The second-order valence-electron chi connectivity index (χ2n) is 4.68. The maximum atomic E-state index is 12.4. The maximum absolute atomic E-state index is 12.4. The van der Waals surface area contributed by atoms with Crippen molar-refractivity contribution in [3.63, 3.8) is 0 Å². The van der Waals surface area contributed by atoms with Crippen molar-refractivity contribution in [1.82, 2.24) is 0 Å². The van der Waals surface area contributed by atoms with E-state index >= 15 is 0 Å². The minimum absolute atomic E-state index is 0.0592. The van der Waals surface area contributed by atoms with Crippen molar-refractivity contribution >= 4 is 23.1 Å². The summed E-state index contributed by atoms with van der Waals surface area (Å²) in [5, 5.41) is 3.48. The van der Waals surface area contributed by atoms with E-state index in [1.807, 2.05) is 0 Å². The topological polar surface area (TPSA) is 29.1 Å². The van der Waals surface area contributed by atoms with E-state index in [2.05, 4.69) is 5.32 Å². The zero-order valence-electron chi connectivity index (χ0n) is 11.5. The van der Waals surface area contributed by atoms with Crippen LogP contribution in [0.25, 0.3) is 0 Å². The Bertz CT molecular complexity index is 636. The molecule has 6 heteroatoms. The number of nitrogens with one attached hydrogen (secondary N) is 1. The van der Waals surface area contributed by atoms with Gasteiger partial charge in [0.2, 0.25) is 0 Å². The highest BCUT2D eigenvalue weighted by atomic mass is 35.5. The average Bonchev–Trinajstić information content (AvgIpc) is 2.47. The van der Waals surface area contributed by atoms with Gasteiger partial charge in [-0.2, -0.15) is 13.2 Å². The van der Waals surface area contributed by atoms with Crippen molar-refractivity contribution in [2.75, 3.05) is 11.9 Å². The van der Waals surface area contributed by atoms with Gasteiger partial charge in [-0.3, -0.25) is 4.79 Å². The van der Waals surface area contributed by atoms with E-state index in [4.69, 9.17) is 11.6 Å². The molecule has 0 spiro atoms. The lowest BCUT2D eigenvalue weighted by molar-refractivity contribution is -0.137. The largest absolute Gasteiger partial charge is 0.416 e. The molecule has 0 radical (unpaired) electrons. The molecule has 2 rings (SSSR count). The highest BCUT2D eigenvalue weighted by Crippen LogP contribution is 2.29. The van der Waals surface area contributed by atoms with Gasteiger partial charge in [-0.1, -0.05) is 11.6 Å². The highest BCUT2D eigenvalue weighted by molar-refractivity contribution is 6.30. The van der Waals surface area contributed by atoms with Gasteiger partial charge in [0.25, 0.3) is 0 Å². The van der Waals surface area contributed by atoms with Crippen molar-refractivity contribution in [2.24, 2.45) is 0 Å². The Hall–Kier alpha value is -2.01. The fraction of sp³-hybridized carbons (Fsp3) is 0.188. The Balaban J connectivity index is 1.86. The molecule has 0 aliphatic carbocycles. The van der Waals surface area contributed by atoms with Crippen LogP contribution in [0.1, 0.15) is 22.3 Å². The molecule has 1 N–H and O–H groups in total. The van der Waals surface area contributed by atoms with E-state index in [0.717, 1.165) is 12.1 Å². The molecule has 0 heterocycles. The molecule has 2 aromatic rings. The summed E-state index contributed by atoms with van der Waals surface area (Å²) in [4.78, 5) is 11.9. The molecule has 0 unspecified atom stereocenters. The normalized spacial score (nSPS) is 11.3. The SMILES string of the molecule is O=C(CCNc1ccc(C(F)(F)F)cc1)c1ccc(Cl)cc1. The second kappa shape index (κ2) is 6.83. The molecule has 0 fully saturated rings. The van der Waals surface area contributed by atoms with Crippen LogP contribution < -0.4 is 5.32 Å². The molecule has 116 valence electrons. The zero-order valence-corrected chi connectivity index (χ0v) is 12.2. The zero-order chi connectivity index (χ0) is 16.2. The predicted octanol–water partition coefficient (Wildman–Crippen LogP) is 5.04. The first-order valence-corrected chi connectivity index (χ1v) is 6.94. The lowest BCUT2D eigenvalue weighted by atomic mass is 10.1. The van der Waals surface area contributed by atoms with Gasteiger partial charge in [-0.05, 0) is 48.5 Å². The third-order valence-electron chi connectivity index (χ3n) is 3.06. The third kappa shape index (κ3) is 4.49. The number of halogens is 4. The van der Waals surface area contributed by atoms with Crippen molar-refractivity contribution in [1.29, 1.82) is 0 Å². The van der Waals surface area contributed by atoms with Crippen LogP contribution in [0.4, 0.5) is 18.9 Å². The quantitative estimate of drug-likeness (QED) is 0.779. The van der Waals surface area contributed by atoms with Crippen molar-refractivity contribution in [3.05, 3.63) is 64.7 Å². The molecule has 0 saturated heterocycles. The molecule has 0 aromatic heterocycles. The molecule has 0 saturated carbocycles. The van der Waals surface area contributed by atoms with Crippen LogP contribution in [-0.4, -0.2) is 12.3 Å². The first-order valence-electron chi connectivity index (χ1n) is 6.56. The first-order chi connectivity index (χ1) is 10.4. The van der Waals surface area contributed by atoms with E-state index in [1.165, 1.54) is 12.1 Å². The molecule has 0 atom stereocenters. The summed E-state index contributed by atoms with van der Waals surface area (Å²) in [5.41, 5.74) is 0.394. The van der Waals surface area contributed by atoms with Crippen LogP contribution in [0.15, 0.2) is 48.5 Å². The average molecular weight is 328 g/mol. The van der Waals surface area contributed by atoms with Crippen LogP contribution >= 0.6 is 11.6 Å². The van der Waals surface area contributed by atoms with E-state index in [1.54, 1.807) is 24.3 Å². The Morgan fingerprint density at radius 3 is 2.14 bits per heavy atom. The maximum Gasteiger partial charge on any atom is 0.416 e. The fourth-order valence-corrected chi connectivity index (χ4v) is 2.00. The van der Waals surface area contributed by atoms with Gasteiger partial charge in [0.1, 0.15) is 0 Å². The molecule has 2 nitrogen and oxygen atoms in total. The monoisotopic (exact) mass is 327 g/mol. The van der Waals surface area contributed by atoms with Crippen LogP contribution in [0.5, 0.6) is 0 Å². The van der Waals surface area contributed by atoms with Crippen molar-refractivity contribution in [2.45, 2.75) is 12.6 Å². The summed E-state index contributed by atoms with van der Waals surface area (Å²) in [7, 11) is 0. The van der Waals surface area contributed by atoms with Gasteiger partial charge in [-0.25, -0.2) is 0 Å². The Morgan fingerprint density at radius 1 is 1.00 bits per heavy atom. The number of hydrogen-bond acceptors (Lipinski definition) is 2. The van der Waals surface area contributed by atoms with Gasteiger partial charge in [0.15, 0.2) is 5.78 Å². The molecule has 0 amide bonds. The lowest BCUT2D eigenvalue weighted by Gasteiger charge is -2.09. The number of Topliss-reactive ketones (excluding diaryl/α,β-unsaturated/α-hetero) is 1. The smallest absolute Gasteiger partial charge is 0.385 e. The molecule has 22 heavy (non-hydrogen) atoms. The Morgan fingerprint density at radius 2 is 1.59 bits per heavy atom. The summed E-state index contributed by atoms with van der Waals surface area (Å²) >= 11 is 5.74. The van der Waals surface area contributed by atoms with E-state index in [0.29, 0.717) is 22.8 Å². The highest BCUT2D eigenvalue weighted by Gasteiger charge is 2.29. The van der Waals surface area contributed by atoms with Crippen molar-refractivity contribution < 1.29 is 18.0 Å². The van der Waals surface area contributed by atoms with Gasteiger partial charge < -0.3 is 5.32 Å². The minimum Gasteiger partial charge on any atom is -0.385 e. The molecular formula is C16H13ClF3NO. The molecule has 0 aliphatic rings. The standard InChI is InChI=1S/C16H13ClF3NO/c17-13-5-1-11(2-6-13)15(22)9-10-21-14-7-3-12(4-8-14)16(18,19)20/h1-8,21H,9-10H2. The van der Waals surface area contributed by atoms with Gasteiger partial charge in [0.05, 0.1) is 5.56 Å². The number of hydrogen-bond donors (Lipinski definition) is 1. The third-order valence-corrected chi connectivity index (χ3v) is 3.31. The number of carbonyl (C=O) groups is 1. The van der Waals surface area contributed by atoms with Gasteiger partial charge in [-0.15, -0.1) is 0 Å². The number of alkyl halides is 3. The Labute approximate surface area is 130 Å². The number of carbonyl (C=O) groups excluding carboxylic acids is 1. The number of benzene rings is 2. The lowest BCUT2D eigenvalue weighted by Crippen LogP contribution is -2.09. The molecule has 2 aromatic carbocycles. The Kier molecular flexibility index (Phi) is 5.08. The molecule has 0 bridgehead atoms. The summed E-state index contributed by atoms with van der Waals surface area (Å²) in [5.74, 6) is -0.0592. The molecular weight excluding hydrogens is 315 g/mol. The van der Waals surface area contributed by atoms with Crippen LogP contribution in [0.3, 0.4) is 0 Å². The van der Waals surface area contributed by atoms with E-state index in [9.17, 15) is 18.0 Å². The first kappa shape index (κ1) is 16.4.